The lowest BCUT2D eigenvalue weighted by molar-refractivity contribution is 0.107. The van der Waals surface area contributed by atoms with Gasteiger partial charge in [0.25, 0.3) is 0 Å². The number of hydrogen-bond donors (Lipinski definition) is 5. The van der Waals surface area contributed by atoms with Gasteiger partial charge in [-0.25, -0.2) is 13.9 Å². The van der Waals surface area contributed by atoms with E-state index in [0.29, 0.717) is 39.4 Å². The van der Waals surface area contributed by atoms with Crippen LogP contribution in [0.25, 0.3) is 0 Å². The molecule has 8 nitrogen and oxygen atoms in total. The molecule has 1 heterocycles. The molecule has 1 aliphatic rings. The Labute approximate surface area is 199 Å². The second-order valence-corrected chi connectivity index (χ2v) is 9.92. The summed E-state index contributed by atoms with van der Waals surface area (Å²) in [5, 5.41) is 25.2. The van der Waals surface area contributed by atoms with E-state index >= 15 is 0 Å². The molecule has 1 aromatic carbocycles. The van der Waals surface area contributed by atoms with Gasteiger partial charge >= 0.3 is 0 Å². The number of aromatic nitrogens is 2. The van der Waals surface area contributed by atoms with Gasteiger partial charge in [-0.15, -0.1) is 0 Å². The molecule has 1 unspecified atom stereocenters. The van der Waals surface area contributed by atoms with Crippen LogP contribution in [-0.2, 0) is 11.0 Å². The van der Waals surface area contributed by atoms with Crippen LogP contribution in [0.1, 0.15) is 63.0 Å². The van der Waals surface area contributed by atoms with E-state index < -0.39 is 11.0 Å². The van der Waals surface area contributed by atoms with E-state index in [-0.39, 0.29) is 6.10 Å². The quantitative estimate of drug-likeness (QED) is 0.237. The van der Waals surface area contributed by atoms with Crippen molar-refractivity contribution in [1.82, 2.24) is 14.7 Å². The standard InChI is InChI=1S/C24H36N6O2S/c1-3-4-14-28-24-29-16-21(22(25)18-7-11-20(12-8-18)33(32)26-2)23(30-24)27-15-13-17-5-9-19(31)10-6-17/h7-8,11-12,16-17,19,25-26,31H,3-6,9-10,13-15H2,1-2H3,(H2,27,28,29,30). The molecule has 0 saturated heterocycles. The summed E-state index contributed by atoms with van der Waals surface area (Å²) in [6, 6.07) is 7.14. The lowest BCUT2D eigenvalue weighted by atomic mass is 9.85. The van der Waals surface area contributed by atoms with E-state index in [1.165, 1.54) is 0 Å². The zero-order chi connectivity index (χ0) is 23.6. The number of rotatable bonds is 12. The highest BCUT2D eigenvalue weighted by atomic mass is 32.2. The number of benzene rings is 1. The first-order valence-corrected chi connectivity index (χ1v) is 13.0. The molecule has 9 heteroatoms. The average molecular weight is 473 g/mol. The van der Waals surface area contributed by atoms with Crippen LogP contribution in [0.5, 0.6) is 0 Å². The van der Waals surface area contributed by atoms with Crippen molar-refractivity contribution in [2.24, 2.45) is 5.92 Å². The van der Waals surface area contributed by atoms with Gasteiger partial charge in [0, 0.05) is 24.8 Å². The molecular formula is C24H36N6O2S. The van der Waals surface area contributed by atoms with E-state index in [4.69, 9.17) is 5.41 Å². The van der Waals surface area contributed by atoms with Gasteiger partial charge in [0.15, 0.2) is 0 Å². The average Bonchev–Trinajstić information content (AvgIpc) is 2.85. The fourth-order valence-corrected chi connectivity index (χ4v) is 4.63. The molecule has 2 aromatic rings. The van der Waals surface area contributed by atoms with Crippen LogP contribution >= 0.6 is 0 Å². The van der Waals surface area contributed by atoms with Crippen molar-refractivity contribution in [3.05, 3.63) is 41.6 Å². The van der Waals surface area contributed by atoms with Gasteiger partial charge in [-0.2, -0.15) is 4.98 Å². The monoisotopic (exact) mass is 472 g/mol. The molecule has 1 aromatic heterocycles. The maximum absolute atomic E-state index is 11.9. The number of aliphatic hydroxyl groups excluding tert-OH is 1. The third-order valence-corrected chi connectivity index (χ3v) is 7.15. The molecule has 0 amide bonds. The SMILES string of the molecule is CCCCNc1ncc(C(=N)c2ccc(S(=O)NC)cc2)c(NCCC2CCC(O)CC2)n1. The Morgan fingerprint density at radius 3 is 2.55 bits per heavy atom. The van der Waals surface area contributed by atoms with Crippen molar-refractivity contribution in [3.8, 4) is 0 Å². The Morgan fingerprint density at radius 1 is 1.15 bits per heavy atom. The Bertz CT molecular complexity index is 929. The molecule has 0 aliphatic heterocycles. The molecule has 3 rings (SSSR count). The third kappa shape index (κ3) is 7.31. The van der Waals surface area contributed by atoms with Crippen molar-refractivity contribution in [3.63, 3.8) is 0 Å². The summed E-state index contributed by atoms with van der Waals surface area (Å²) in [4.78, 5) is 9.77. The van der Waals surface area contributed by atoms with Crippen molar-refractivity contribution < 1.29 is 9.32 Å². The second kappa shape index (κ2) is 12.8. The van der Waals surface area contributed by atoms with E-state index in [1.807, 2.05) is 0 Å². The topological polar surface area (TPSA) is 123 Å². The molecule has 1 atom stereocenters. The van der Waals surface area contributed by atoms with Crippen LogP contribution in [-0.4, -0.2) is 51.2 Å². The van der Waals surface area contributed by atoms with Crippen LogP contribution in [0.3, 0.4) is 0 Å². The van der Waals surface area contributed by atoms with Gasteiger partial charge in [-0.1, -0.05) is 25.5 Å². The maximum atomic E-state index is 11.9. The zero-order valence-electron chi connectivity index (χ0n) is 19.6. The smallest absolute Gasteiger partial charge is 0.224 e. The molecule has 180 valence electrons. The summed E-state index contributed by atoms with van der Waals surface area (Å²) in [6.07, 6.45) is 8.57. The molecule has 33 heavy (non-hydrogen) atoms. The summed E-state index contributed by atoms with van der Waals surface area (Å²) in [6.45, 7) is 3.70. The number of hydrogen-bond acceptors (Lipinski definition) is 7. The Morgan fingerprint density at radius 2 is 1.88 bits per heavy atom. The number of nitrogens with one attached hydrogen (secondary N) is 4. The van der Waals surface area contributed by atoms with Crippen molar-refractivity contribution in [1.29, 1.82) is 5.41 Å². The molecule has 0 radical (unpaired) electrons. The Balaban J connectivity index is 1.74. The largest absolute Gasteiger partial charge is 0.393 e. The predicted molar refractivity (Wildman–Crippen MR) is 134 cm³/mol. The van der Waals surface area contributed by atoms with Crippen LogP contribution in [0.15, 0.2) is 35.4 Å². The Kier molecular flexibility index (Phi) is 9.77. The lowest BCUT2D eigenvalue weighted by Gasteiger charge is -2.25. The van der Waals surface area contributed by atoms with Gasteiger partial charge in [-0.05, 0) is 63.6 Å². The molecule has 1 saturated carbocycles. The first kappa shape index (κ1) is 25.3. The lowest BCUT2D eigenvalue weighted by Crippen LogP contribution is -2.21. The highest BCUT2D eigenvalue weighted by Gasteiger charge is 2.20. The van der Waals surface area contributed by atoms with E-state index in [0.717, 1.165) is 58.0 Å². The molecule has 5 N–H and O–H groups in total. The van der Waals surface area contributed by atoms with Crippen LogP contribution in [0.4, 0.5) is 11.8 Å². The minimum atomic E-state index is -1.26. The van der Waals surface area contributed by atoms with Gasteiger partial charge in [-0.3, -0.25) is 5.41 Å². The molecular weight excluding hydrogens is 436 g/mol. The minimum absolute atomic E-state index is 0.142. The summed E-state index contributed by atoms with van der Waals surface area (Å²) < 4.78 is 14.6. The third-order valence-electron chi connectivity index (χ3n) is 6.08. The first-order chi connectivity index (χ1) is 16.0. The van der Waals surface area contributed by atoms with E-state index in [9.17, 15) is 9.32 Å². The number of unbranched alkanes of at least 4 members (excludes halogenated alkanes) is 1. The number of nitrogens with zero attached hydrogens (tertiary/aromatic N) is 2. The summed E-state index contributed by atoms with van der Waals surface area (Å²) in [5.74, 6) is 1.81. The number of anilines is 2. The van der Waals surface area contributed by atoms with Crippen LogP contribution in [0, 0.1) is 11.3 Å². The normalized spacial score (nSPS) is 19.1. The summed E-state index contributed by atoms with van der Waals surface area (Å²) in [7, 11) is 0.387. The maximum Gasteiger partial charge on any atom is 0.224 e. The highest BCUT2D eigenvalue weighted by molar-refractivity contribution is 7.83. The first-order valence-electron chi connectivity index (χ1n) is 11.8. The van der Waals surface area contributed by atoms with Crippen LogP contribution in [0.2, 0.25) is 0 Å². The predicted octanol–water partition coefficient (Wildman–Crippen LogP) is 3.70. The molecule has 0 bridgehead atoms. The Hall–Kier alpha value is -2.36. The highest BCUT2D eigenvalue weighted by Crippen LogP contribution is 2.27. The van der Waals surface area contributed by atoms with Gasteiger partial charge < -0.3 is 15.7 Å². The minimum Gasteiger partial charge on any atom is -0.393 e. The van der Waals surface area contributed by atoms with Crippen molar-refractivity contribution >= 4 is 28.5 Å². The molecule has 1 aliphatic carbocycles. The zero-order valence-corrected chi connectivity index (χ0v) is 20.4. The van der Waals surface area contributed by atoms with E-state index in [1.54, 1.807) is 37.5 Å². The van der Waals surface area contributed by atoms with Gasteiger partial charge in [0.05, 0.1) is 22.3 Å². The fourth-order valence-electron chi connectivity index (χ4n) is 4.01. The van der Waals surface area contributed by atoms with Crippen molar-refractivity contribution in [2.45, 2.75) is 62.9 Å². The second-order valence-electron chi connectivity index (χ2n) is 8.50. The van der Waals surface area contributed by atoms with Crippen LogP contribution < -0.4 is 15.4 Å². The number of aliphatic hydroxyl groups is 1. The molecule has 1 fully saturated rings. The van der Waals surface area contributed by atoms with Gasteiger partial charge in [0.1, 0.15) is 16.8 Å². The molecule has 0 spiro atoms. The fraction of sp³-hybridized carbons (Fsp3) is 0.542. The van der Waals surface area contributed by atoms with E-state index in [2.05, 4.69) is 32.2 Å². The van der Waals surface area contributed by atoms with Gasteiger partial charge in [0.2, 0.25) is 5.95 Å². The van der Waals surface area contributed by atoms with Crippen molar-refractivity contribution in [2.75, 3.05) is 30.8 Å². The summed E-state index contributed by atoms with van der Waals surface area (Å²) >= 11 is 0. The summed E-state index contributed by atoms with van der Waals surface area (Å²) in [5.41, 5.74) is 1.67.